The second kappa shape index (κ2) is 5.19. The maximum absolute atomic E-state index is 5.75. The summed E-state index contributed by atoms with van der Waals surface area (Å²) in [6, 6.07) is 7.99. The number of hydrogen-bond acceptors (Lipinski definition) is 2. The highest BCUT2D eigenvalue weighted by atomic mass is 79.9. The van der Waals surface area contributed by atoms with E-state index < -0.39 is 0 Å². The molecular formula is C13H11Br2NO. The number of ether oxygens (including phenoxy) is 1. The molecule has 0 unspecified atom stereocenters. The van der Waals surface area contributed by atoms with E-state index >= 15 is 0 Å². The van der Waals surface area contributed by atoms with Crippen molar-refractivity contribution in [3.05, 3.63) is 50.5 Å². The summed E-state index contributed by atoms with van der Waals surface area (Å²) in [5.41, 5.74) is 2.35. The summed E-state index contributed by atoms with van der Waals surface area (Å²) in [6.07, 6.45) is 1.71. The van der Waals surface area contributed by atoms with Gasteiger partial charge in [-0.15, -0.1) is 0 Å². The van der Waals surface area contributed by atoms with Crippen LogP contribution in [0.5, 0.6) is 11.6 Å². The minimum atomic E-state index is 0.568. The first-order valence-electron chi connectivity index (χ1n) is 5.12. The minimum absolute atomic E-state index is 0.568. The Bertz CT molecular complexity index is 535. The lowest BCUT2D eigenvalue weighted by atomic mass is 10.1. The van der Waals surface area contributed by atoms with Gasteiger partial charge in [-0.05, 0) is 75.0 Å². The molecule has 0 amide bonds. The highest BCUT2D eigenvalue weighted by molar-refractivity contribution is 9.11. The van der Waals surface area contributed by atoms with Crippen molar-refractivity contribution in [1.29, 1.82) is 0 Å². The Morgan fingerprint density at radius 2 is 1.65 bits per heavy atom. The monoisotopic (exact) mass is 355 g/mol. The molecule has 1 aromatic carbocycles. The summed E-state index contributed by atoms with van der Waals surface area (Å²) in [5.74, 6) is 1.37. The third kappa shape index (κ3) is 3.30. The van der Waals surface area contributed by atoms with E-state index in [-0.39, 0.29) is 0 Å². The lowest BCUT2D eigenvalue weighted by Gasteiger charge is -2.08. The molecule has 2 rings (SSSR count). The Balaban J connectivity index is 2.31. The normalized spacial score (nSPS) is 10.4. The fourth-order valence-corrected chi connectivity index (χ4v) is 2.65. The largest absolute Gasteiger partial charge is 0.438 e. The van der Waals surface area contributed by atoms with Crippen molar-refractivity contribution in [2.24, 2.45) is 0 Å². The highest BCUT2D eigenvalue weighted by Gasteiger charge is 2.05. The second-order valence-electron chi connectivity index (χ2n) is 3.87. The van der Waals surface area contributed by atoms with Gasteiger partial charge in [0.25, 0.3) is 0 Å². The molecule has 0 aliphatic heterocycles. The van der Waals surface area contributed by atoms with E-state index in [1.807, 2.05) is 32.0 Å². The number of pyridine rings is 1. The quantitative estimate of drug-likeness (QED) is 0.754. The maximum Gasteiger partial charge on any atom is 0.233 e. The lowest BCUT2D eigenvalue weighted by molar-refractivity contribution is 0.458. The van der Waals surface area contributed by atoms with Crippen molar-refractivity contribution in [2.75, 3.05) is 0 Å². The summed E-state index contributed by atoms with van der Waals surface area (Å²) >= 11 is 6.78. The zero-order chi connectivity index (χ0) is 12.4. The van der Waals surface area contributed by atoms with Gasteiger partial charge in [0.15, 0.2) is 0 Å². The van der Waals surface area contributed by atoms with Crippen molar-refractivity contribution in [3.8, 4) is 11.6 Å². The number of halogens is 2. The molecule has 0 bridgehead atoms. The van der Waals surface area contributed by atoms with E-state index in [9.17, 15) is 0 Å². The van der Waals surface area contributed by atoms with Gasteiger partial charge in [-0.1, -0.05) is 6.07 Å². The molecule has 1 heterocycles. The Hall–Kier alpha value is -0.870. The fourth-order valence-electron chi connectivity index (χ4n) is 1.58. The number of aromatic nitrogens is 1. The molecule has 0 saturated heterocycles. The zero-order valence-electron chi connectivity index (χ0n) is 9.50. The number of hydrogen-bond donors (Lipinski definition) is 0. The van der Waals surface area contributed by atoms with Crippen molar-refractivity contribution in [2.45, 2.75) is 13.8 Å². The predicted molar refractivity (Wildman–Crippen MR) is 75.6 cm³/mol. The van der Waals surface area contributed by atoms with Crippen LogP contribution in [-0.2, 0) is 0 Å². The average molecular weight is 357 g/mol. The van der Waals surface area contributed by atoms with E-state index in [1.165, 1.54) is 11.1 Å². The second-order valence-corrected chi connectivity index (χ2v) is 5.64. The molecule has 0 atom stereocenters. The van der Waals surface area contributed by atoms with Gasteiger partial charge in [0, 0.05) is 10.7 Å². The first-order valence-corrected chi connectivity index (χ1v) is 6.70. The van der Waals surface area contributed by atoms with Crippen molar-refractivity contribution in [3.63, 3.8) is 0 Å². The van der Waals surface area contributed by atoms with Gasteiger partial charge in [-0.25, -0.2) is 4.98 Å². The Kier molecular flexibility index (Phi) is 3.84. The van der Waals surface area contributed by atoms with E-state index in [0.29, 0.717) is 5.88 Å². The highest BCUT2D eigenvalue weighted by Crippen LogP contribution is 2.30. The van der Waals surface area contributed by atoms with Gasteiger partial charge in [0.05, 0.1) is 4.47 Å². The van der Waals surface area contributed by atoms with Crippen LogP contribution in [0.2, 0.25) is 0 Å². The summed E-state index contributed by atoms with van der Waals surface area (Å²) in [6.45, 7) is 4.09. The zero-order valence-corrected chi connectivity index (χ0v) is 12.7. The van der Waals surface area contributed by atoms with Crippen molar-refractivity contribution < 1.29 is 4.74 Å². The lowest BCUT2D eigenvalue weighted by Crippen LogP contribution is -1.90. The fraction of sp³-hybridized carbons (Fsp3) is 0.154. The van der Waals surface area contributed by atoms with E-state index in [1.54, 1.807) is 6.20 Å². The Morgan fingerprint density at radius 3 is 2.24 bits per heavy atom. The van der Waals surface area contributed by atoms with Gasteiger partial charge in [-0.2, -0.15) is 0 Å². The van der Waals surface area contributed by atoms with Crippen LogP contribution in [0.4, 0.5) is 0 Å². The minimum Gasteiger partial charge on any atom is -0.438 e. The van der Waals surface area contributed by atoms with Crippen LogP contribution in [0.3, 0.4) is 0 Å². The Labute approximate surface area is 117 Å². The molecule has 0 fully saturated rings. The van der Waals surface area contributed by atoms with E-state index in [4.69, 9.17) is 4.74 Å². The average Bonchev–Trinajstić information content (AvgIpc) is 2.21. The number of rotatable bonds is 2. The summed E-state index contributed by atoms with van der Waals surface area (Å²) in [4.78, 5) is 4.22. The molecule has 2 aromatic rings. The number of aryl methyl sites for hydroxylation is 2. The van der Waals surface area contributed by atoms with Crippen LogP contribution >= 0.6 is 31.9 Å². The molecule has 0 spiro atoms. The van der Waals surface area contributed by atoms with Crippen LogP contribution in [-0.4, -0.2) is 4.98 Å². The summed E-state index contributed by atoms with van der Waals surface area (Å²) < 4.78 is 7.49. The molecule has 0 N–H and O–H groups in total. The first-order chi connectivity index (χ1) is 8.04. The SMILES string of the molecule is Cc1cc(C)cc(Oc2ncc(Br)cc2Br)c1. The molecule has 0 aliphatic carbocycles. The first kappa shape index (κ1) is 12.6. The molecule has 4 heteroatoms. The van der Waals surface area contributed by atoms with Crippen molar-refractivity contribution >= 4 is 31.9 Å². The van der Waals surface area contributed by atoms with E-state index in [0.717, 1.165) is 14.7 Å². The summed E-state index contributed by atoms with van der Waals surface area (Å²) in [5, 5.41) is 0. The van der Waals surface area contributed by atoms with Gasteiger partial charge in [-0.3, -0.25) is 0 Å². The standard InChI is InChI=1S/C13H11Br2NO/c1-8-3-9(2)5-11(4-8)17-13-12(15)6-10(14)7-16-13/h3-7H,1-2H3. The van der Waals surface area contributed by atoms with Crippen LogP contribution in [0.1, 0.15) is 11.1 Å². The van der Waals surface area contributed by atoms with Gasteiger partial charge in [0.2, 0.25) is 5.88 Å². The molecular weight excluding hydrogens is 346 g/mol. The van der Waals surface area contributed by atoms with E-state index in [2.05, 4.69) is 42.9 Å². The van der Waals surface area contributed by atoms with Crippen LogP contribution in [0.25, 0.3) is 0 Å². The third-order valence-corrected chi connectivity index (χ3v) is 3.19. The Morgan fingerprint density at radius 1 is 1.00 bits per heavy atom. The van der Waals surface area contributed by atoms with Gasteiger partial charge in [0.1, 0.15) is 5.75 Å². The topological polar surface area (TPSA) is 22.1 Å². The summed E-state index contributed by atoms with van der Waals surface area (Å²) in [7, 11) is 0. The molecule has 88 valence electrons. The maximum atomic E-state index is 5.75. The van der Waals surface area contributed by atoms with Gasteiger partial charge >= 0.3 is 0 Å². The van der Waals surface area contributed by atoms with Crippen LogP contribution in [0.15, 0.2) is 39.4 Å². The smallest absolute Gasteiger partial charge is 0.233 e. The van der Waals surface area contributed by atoms with Gasteiger partial charge < -0.3 is 4.74 Å². The molecule has 1 aromatic heterocycles. The van der Waals surface area contributed by atoms with Crippen LogP contribution < -0.4 is 4.74 Å². The molecule has 0 aliphatic rings. The molecule has 17 heavy (non-hydrogen) atoms. The molecule has 0 radical (unpaired) electrons. The van der Waals surface area contributed by atoms with Crippen LogP contribution in [0, 0.1) is 13.8 Å². The predicted octanol–water partition coefficient (Wildman–Crippen LogP) is 5.02. The number of nitrogens with zero attached hydrogens (tertiary/aromatic N) is 1. The number of benzene rings is 1. The van der Waals surface area contributed by atoms with Crippen molar-refractivity contribution in [1.82, 2.24) is 4.98 Å². The molecule has 2 nitrogen and oxygen atoms in total. The third-order valence-electron chi connectivity index (χ3n) is 2.18. The molecule has 0 saturated carbocycles.